The van der Waals surface area contributed by atoms with Crippen molar-refractivity contribution in [3.05, 3.63) is 22.7 Å². The van der Waals surface area contributed by atoms with Crippen molar-refractivity contribution in [3.63, 3.8) is 0 Å². The van der Waals surface area contributed by atoms with Crippen LogP contribution < -0.4 is 9.47 Å². The van der Waals surface area contributed by atoms with E-state index < -0.39 is 6.10 Å². The van der Waals surface area contributed by atoms with Crippen LogP contribution in [0.2, 0.25) is 5.02 Å². The van der Waals surface area contributed by atoms with E-state index in [-0.39, 0.29) is 5.92 Å². The number of rotatable bonds is 5. The molecule has 0 aliphatic heterocycles. The number of halogens is 1. The molecule has 118 valence electrons. The largest absolute Gasteiger partial charge is 0.493 e. The van der Waals surface area contributed by atoms with E-state index in [1.165, 1.54) is 19.3 Å². The Hall–Kier alpha value is -0.930. The molecule has 1 saturated carbocycles. The lowest BCUT2D eigenvalue weighted by molar-refractivity contribution is 0.0728. The van der Waals surface area contributed by atoms with Crippen LogP contribution in [0.5, 0.6) is 11.5 Å². The smallest absolute Gasteiger partial charge is 0.179 e. The zero-order chi connectivity index (χ0) is 15.4. The van der Waals surface area contributed by atoms with Crippen LogP contribution in [-0.4, -0.2) is 19.3 Å². The van der Waals surface area contributed by atoms with Crippen LogP contribution in [0, 0.1) is 11.8 Å². The lowest BCUT2D eigenvalue weighted by atomic mass is 9.77. The van der Waals surface area contributed by atoms with E-state index >= 15 is 0 Å². The van der Waals surface area contributed by atoms with Crippen molar-refractivity contribution in [2.45, 2.75) is 45.1 Å². The molecule has 0 spiro atoms. The van der Waals surface area contributed by atoms with Crippen LogP contribution in [0.4, 0.5) is 0 Å². The SMILES string of the molecule is CCC1CCC(C(O)c2ccc(OC)c(OC)c2Cl)CC1. The highest BCUT2D eigenvalue weighted by molar-refractivity contribution is 6.33. The number of methoxy groups -OCH3 is 2. The lowest BCUT2D eigenvalue weighted by Crippen LogP contribution is -2.20. The summed E-state index contributed by atoms with van der Waals surface area (Å²) in [6.45, 7) is 2.24. The molecule has 3 nitrogen and oxygen atoms in total. The predicted molar refractivity (Wildman–Crippen MR) is 85.3 cm³/mol. The highest BCUT2D eigenvalue weighted by atomic mass is 35.5. The number of aliphatic hydroxyl groups excluding tert-OH is 1. The highest BCUT2D eigenvalue weighted by Crippen LogP contribution is 2.44. The average molecular weight is 313 g/mol. The quantitative estimate of drug-likeness (QED) is 0.863. The Balaban J connectivity index is 2.18. The summed E-state index contributed by atoms with van der Waals surface area (Å²) in [6.07, 6.45) is 5.22. The molecule has 1 atom stereocenters. The molecule has 1 fully saturated rings. The molecule has 0 saturated heterocycles. The second-order valence-corrected chi connectivity index (χ2v) is 6.22. The van der Waals surface area contributed by atoms with Crippen molar-refractivity contribution in [1.29, 1.82) is 0 Å². The van der Waals surface area contributed by atoms with Gasteiger partial charge in [-0.2, -0.15) is 0 Å². The second kappa shape index (κ2) is 7.37. The summed E-state index contributed by atoms with van der Waals surface area (Å²) < 4.78 is 10.5. The van der Waals surface area contributed by atoms with Gasteiger partial charge in [0.25, 0.3) is 0 Å². The minimum atomic E-state index is -0.532. The highest BCUT2D eigenvalue weighted by Gasteiger charge is 2.29. The van der Waals surface area contributed by atoms with Gasteiger partial charge in [-0.25, -0.2) is 0 Å². The van der Waals surface area contributed by atoms with Gasteiger partial charge in [-0.05, 0) is 30.7 Å². The van der Waals surface area contributed by atoms with E-state index in [0.29, 0.717) is 16.5 Å². The Morgan fingerprint density at radius 3 is 2.38 bits per heavy atom. The van der Waals surface area contributed by atoms with E-state index in [1.54, 1.807) is 20.3 Å². The molecule has 1 unspecified atom stereocenters. The topological polar surface area (TPSA) is 38.7 Å². The van der Waals surface area contributed by atoms with Crippen LogP contribution >= 0.6 is 11.6 Å². The van der Waals surface area contributed by atoms with Crippen molar-refractivity contribution >= 4 is 11.6 Å². The summed E-state index contributed by atoms with van der Waals surface area (Å²) in [5.74, 6) is 2.18. The number of aliphatic hydroxyl groups is 1. The molecular weight excluding hydrogens is 288 g/mol. The van der Waals surface area contributed by atoms with Crippen molar-refractivity contribution < 1.29 is 14.6 Å². The van der Waals surface area contributed by atoms with Gasteiger partial charge in [0.15, 0.2) is 11.5 Å². The summed E-state index contributed by atoms with van der Waals surface area (Å²) >= 11 is 6.40. The van der Waals surface area contributed by atoms with Gasteiger partial charge >= 0.3 is 0 Å². The molecule has 1 aromatic rings. The van der Waals surface area contributed by atoms with Gasteiger partial charge in [-0.15, -0.1) is 0 Å². The fourth-order valence-corrected chi connectivity index (χ4v) is 3.64. The van der Waals surface area contributed by atoms with Gasteiger partial charge in [0.2, 0.25) is 0 Å². The van der Waals surface area contributed by atoms with Crippen molar-refractivity contribution in [2.24, 2.45) is 11.8 Å². The lowest BCUT2D eigenvalue weighted by Gasteiger charge is -2.31. The first-order valence-corrected chi connectivity index (χ1v) is 8.08. The van der Waals surface area contributed by atoms with Gasteiger partial charge < -0.3 is 14.6 Å². The van der Waals surface area contributed by atoms with Crippen molar-refractivity contribution in [1.82, 2.24) is 0 Å². The summed E-state index contributed by atoms with van der Waals surface area (Å²) in [5.41, 5.74) is 0.745. The fraction of sp³-hybridized carbons (Fsp3) is 0.647. The zero-order valence-electron chi connectivity index (χ0n) is 13.1. The van der Waals surface area contributed by atoms with Gasteiger partial charge in [-0.1, -0.05) is 43.9 Å². The number of benzene rings is 1. The molecule has 0 radical (unpaired) electrons. The van der Waals surface area contributed by atoms with Crippen LogP contribution in [0.1, 0.15) is 50.7 Å². The third kappa shape index (κ3) is 3.46. The molecule has 1 N–H and O–H groups in total. The second-order valence-electron chi connectivity index (χ2n) is 5.84. The maximum absolute atomic E-state index is 10.7. The van der Waals surface area contributed by atoms with E-state index in [0.717, 1.165) is 24.3 Å². The molecule has 0 aromatic heterocycles. The molecule has 0 amide bonds. The molecule has 4 heteroatoms. The van der Waals surface area contributed by atoms with Gasteiger partial charge in [0, 0.05) is 5.56 Å². The molecule has 1 aliphatic carbocycles. The number of hydrogen-bond acceptors (Lipinski definition) is 3. The molecule has 0 heterocycles. The monoisotopic (exact) mass is 312 g/mol. The summed E-state index contributed by atoms with van der Waals surface area (Å²) in [5, 5.41) is 11.1. The fourth-order valence-electron chi connectivity index (χ4n) is 3.30. The molecule has 21 heavy (non-hydrogen) atoms. The van der Waals surface area contributed by atoms with Crippen LogP contribution in [0.15, 0.2) is 12.1 Å². The first-order valence-electron chi connectivity index (χ1n) is 7.70. The Morgan fingerprint density at radius 1 is 1.19 bits per heavy atom. The Kier molecular flexibility index (Phi) is 5.77. The maximum atomic E-state index is 10.7. The van der Waals surface area contributed by atoms with Gasteiger partial charge in [0.1, 0.15) is 0 Å². The normalized spacial score (nSPS) is 23.7. The standard InChI is InChI=1S/C17H25ClO3/c1-4-11-5-7-12(8-6-11)16(19)13-9-10-14(20-2)17(21-3)15(13)18/h9-12,16,19H,4-8H2,1-3H3. The van der Waals surface area contributed by atoms with Crippen molar-refractivity contribution in [2.75, 3.05) is 14.2 Å². The molecule has 2 rings (SSSR count). The first-order chi connectivity index (χ1) is 10.1. The minimum absolute atomic E-state index is 0.281. The minimum Gasteiger partial charge on any atom is -0.493 e. The van der Waals surface area contributed by atoms with Gasteiger partial charge in [-0.3, -0.25) is 0 Å². The predicted octanol–water partition coefficient (Wildman–Crippen LogP) is 4.61. The molecular formula is C17H25ClO3. The van der Waals surface area contributed by atoms with Crippen molar-refractivity contribution in [3.8, 4) is 11.5 Å². The zero-order valence-corrected chi connectivity index (χ0v) is 13.8. The van der Waals surface area contributed by atoms with Gasteiger partial charge in [0.05, 0.1) is 25.3 Å². The third-order valence-corrected chi connectivity index (χ3v) is 5.14. The Bertz CT molecular complexity index is 467. The van der Waals surface area contributed by atoms with E-state index in [4.69, 9.17) is 21.1 Å². The van der Waals surface area contributed by atoms with Crippen LogP contribution in [0.25, 0.3) is 0 Å². The Labute approximate surface area is 132 Å². The van der Waals surface area contributed by atoms with E-state index in [2.05, 4.69) is 6.92 Å². The average Bonchev–Trinajstić information content (AvgIpc) is 2.53. The number of ether oxygens (including phenoxy) is 2. The summed E-state index contributed by atoms with van der Waals surface area (Å²) in [4.78, 5) is 0. The molecule has 0 bridgehead atoms. The van der Waals surface area contributed by atoms with E-state index in [1.807, 2.05) is 6.07 Å². The molecule has 1 aliphatic rings. The van der Waals surface area contributed by atoms with Crippen LogP contribution in [0.3, 0.4) is 0 Å². The molecule has 1 aromatic carbocycles. The summed E-state index contributed by atoms with van der Waals surface area (Å²) in [7, 11) is 3.14. The Morgan fingerprint density at radius 2 is 1.86 bits per heavy atom. The number of hydrogen-bond donors (Lipinski definition) is 1. The van der Waals surface area contributed by atoms with Crippen LogP contribution in [-0.2, 0) is 0 Å². The van der Waals surface area contributed by atoms with E-state index in [9.17, 15) is 5.11 Å². The third-order valence-electron chi connectivity index (χ3n) is 4.75. The first kappa shape index (κ1) is 16.4. The summed E-state index contributed by atoms with van der Waals surface area (Å²) in [6, 6.07) is 3.65. The maximum Gasteiger partial charge on any atom is 0.179 e.